The summed E-state index contributed by atoms with van der Waals surface area (Å²) >= 11 is 0. The van der Waals surface area contributed by atoms with E-state index >= 15 is 0 Å². The molecule has 0 aliphatic heterocycles. The maximum Gasteiger partial charge on any atom is 0.291 e. The van der Waals surface area contributed by atoms with Crippen LogP contribution in [0.15, 0.2) is 34.7 Å². The van der Waals surface area contributed by atoms with Gasteiger partial charge in [-0.15, -0.1) is 10.2 Å². The summed E-state index contributed by atoms with van der Waals surface area (Å²) in [6.45, 7) is 2.11. The summed E-state index contributed by atoms with van der Waals surface area (Å²) < 4.78 is 10.5. The van der Waals surface area contributed by atoms with Crippen molar-refractivity contribution < 1.29 is 13.9 Å². The number of aromatic nitrogens is 3. The molecule has 0 saturated heterocycles. The first-order valence-corrected chi connectivity index (χ1v) is 6.67. The summed E-state index contributed by atoms with van der Waals surface area (Å²) in [5.74, 6) is 1.70. The minimum Gasteiger partial charge on any atom is -0.497 e. The number of nitrogens with zero attached hydrogens (tertiary/aromatic N) is 3. The summed E-state index contributed by atoms with van der Waals surface area (Å²) in [5.41, 5.74) is 1.15. The average Bonchev–Trinajstić information content (AvgIpc) is 2.97. The molecule has 2 aromatic heterocycles. The molecule has 112 valence electrons. The molecule has 22 heavy (non-hydrogen) atoms. The largest absolute Gasteiger partial charge is 0.497 e. The molecule has 0 spiro atoms. The van der Waals surface area contributed by atoms with Crippen LogP contribution in [0.5, 0.6) is 5.75 Å². The van der Waals surface area contributed by atoms with Gasteiger partial charge in [0.15, 0.2) is 0 Å². The van der Waals surface area contributed by atoms with Crippen LogP contribution < -0.4 is 10.1 Å². The van der Waals surface area contributed by atoms with Crippen LogP contribution in [-0.4, -0.2) is 28.2 Å². The second-order valence-corrected chi connectivity index (χ2v) is 4.69. The van der Waals surface area contributed by atoms with Gasteiger partial charge < -0.3 is 14.5 Å². The van der Waals surface area contributed by atoms with Crippen molar-refractivity contribution in [3.8, 4) is 5.75 Å². The molecule has 7 nitrogen and oxygen atoms in total. The van der Waals surface area contributed by atoms with Gasteiger partial charge in [0, 0.05) is 6.07 Å². The molecule has 0 aliphatic carbocycles. The fraction of sp³-hybridized carbons (Fsp3) is 0.200. The number of rotatable bonds is 4. The molecule has 3 rings (SSSR count). The quantitative estimate of drug-likeness (QED) is 0.790. The third kappa shape index (κ3) is 2.88. The minimum absolute atomic E-state index is 0.00373. The van der Waals surface area contributed by atoms with E-state index < -0.39 is 5.91 Å². The molecule has 0 fully saturated rings. The van der Waals surface area contributed by atoms with Crippen molar-refractivity contribution in [2.45, 2.75) is 13.5 Å². The van der Waals surface area contributed by atoms with Crippen LogP contribution in [-0.2, 0) is 6.54 Å². The van der Waals surface area contributed by atoms with E-state index in [4.69, 9.17) is 9.15 Å². The number of hydrogen-bond acceptors (Lipinski definition) is 6. The van der Waals surface area contributed by atoms with Gasteiger partial charge in [0.25, 0.3) is 5.91 Å². The van der Waals surface area contributed by atoms with Crippen LogP contribution in [0.1, 0.15) is 22.1 Å². The summed E-state index contributed by atoms with van der Waals surface area (Å²) in [5, 5.41) is 10.5. The fourth-order valence-corrected chi connectivity index (χ4v) is 1.96. The third-order valence-corrected chi connectivity index (χ3v) is 3.08. The first-order chi connectivity index (χ1) is 10.7. The number of carbonyl (C=O) groups excluding carboxylic acids is 1. The Morgan fingerprint density at radius 3 is 2.82 bits per heavy atom. The van der Waals surface area contributed by atoms with Crippen LogP contribution in [0.25, 0.3) is 11.0 Å². The zero-order chi connectivity index (χ0) is 15.5. The van der Waals surface area contributed by atoms with Crippen molar-refractivity contribution in [1.82, 2.24) is 20.5 Å². The van der Waals surface area contributed by atoms with Crippen LogP contribution in [0.3, 0.4) is 0 Å². The standard InChI is InChI=1S/C15H14N4O3/c1-9-3-4-11(22-9)8-16-15(20)14-17-13-7-10(21-2)5-6-12(13)18-19-14/h3-7H,8H2,1-2H3,(H,16,20). The number of nitrogens with one attached hydrogen (secondary N) is 1. The Bertz CT molecular complexity index is 829. The molecule has 0 saturated carbocycles. The molecule has 0 atom stereocenters. The zero-order valence-corrected chi connectivity index (χ0v) is 12.2. The lowest BCUT2D eigenvalue weighted by molar-refractivity contribution is 0.0936. The first-order valence-electron chi connectivity index (χ1n) is 6.67. The first kappa shape index (κ1) is 14.0. The van der Waals surface area contributed by atoms with Crippen LogP contribution in [0.2, 0.25) is 0 Å². The summed E-state index contributed by atoms with van der Waals surface area (Å²) in [6.07, 6.45) is 0. The zero-order valence-electron chi connectivity index (χ0n) is 12.2. The summed E-state index contributed by atoms with van der Waals surface area (Å²) in [6, 6.07) is 8.84. The number of fused-ring (bicyclic) bond motifs is 1. The topological polar surface area (TPSA) is 90.1 Å². The predicted octanol–water partition coefficient (Wildman–Crippen LogP) is 1.86. The summed E-state index contributed by atoms with van der Waals surface area (Å²) in [4.78, 5) is 16.3. The molecular formula is C15H14N4O3. The molecule has 0 radical (unpaired) electrons. The minimum atomic E-state index is -0.411. The van der Waals surface area contributed by atoms with Gasteiger partial charge in [-0.05, 0) is 31.2 Å². The lowest BCUT2D eigenvalue weighted by Crippen LogP contribution is -2.25. The van der Waals surface area contributed by atoms with Crippen molar-refractivity contribution >= 4 is 16.9 Å². The molecule has 7 heteroatoms. The highest BCUT2D eigenvalue weighted by molar-refractivity contribution is 5.91. The summed E-state index contributed by atoms with van der Waals surface area (Å²) in [7, 11) is 1.56. The molecule has 1 amide bonds. The highest BCUT2D eigenvalue weighted by Gasteiger charge is 2.12. The number of hydrogen-bond donors (Lipinski definition) is 1. The van der Waals surface area contributed by atoms with Crippen LogP contribution >= 0.6 is 0 Å². The Labute approximate surface area is 126 Å². The van der Waals surface area contributed by atoms with Crippen molar-refractivity contribution in [3.05, 3.63) is 47.7 Å². The Kier molecular flexibility index (Phi) is 3.69. The van der Waals surface area contributed by atoms with Gasteiger partial charge in [-0.1, -0.05) is 0 Å². The van der Waals surface area contributed by atoms with Crippen LogP contribution in [0, 0.1) is 6.92 Å². The molecule has 0 bridgehead atoms. The lowest BCUT2D eigenvalue weighted by atomic mass is 10.3. The highest BCUT2D eigenvalue weighted by Crippen LogP contribution is 2.16. The molecule has 0 aliphatic rings. The Morgan fingerprint density at radius 1 is 1.23 bits per heavy atom. The van der Waals surface area contributed by atoms with E-state index in [0.29, 0.717) is 22.5 Å². The third-order valence-electron chi connectivity index (χ3n) is 3.08. The van der Waals surface area contributed by atoms with Gasteiger partial charge in [0.1, 0.15) is 22.8 Å². The van der Waals surface area contributed by atoms with E-state index in [1.54, 1.807) is 31.4 Å². The normalized spacial score (nSPS) is 10.6. The van der Waals surface area contributed by atoms with Gasteiger partial charge in [0.05, 0.1) is 19.2 Å². The number of aryl methyl sites for hydroxylation is 1. The Morgan fingerprint density at radius 2 is 2.09 bits per heavy atom. The van der Waals surface area contributed by atoms with Crippen molar-refractivity contribution in [2.24, 2.45) is 0 Å². The van der Waals surface area contributed by atoms with Gasteiger partial charge in [-0.2, -0.15) is 0 Å². The van der Waals surface area contributed by atoms with Gasteiger partial charge >= 0.3 is 0 Å². The van der Waals surface area contributed by atoms with E-state index in [1.165, 1.54) is 0 Å². The number of ether oxygens (including phenoxy) is 1. The molecular weight excluding hydrogens is 284 g/mol. The van der Waals surface area contributed by atoms with Gasteiger partial charge in [-0.25, -0.2) is 4.98 Å². The molecule has 1 N–H and O–H groups in total. The van der Waals surface area contributed by atoms with E-state index in [-0.39, 0.29) is 12.4 Å². The molecule has 1 aromatic carbocycles. The van der Waals surface area contributed by atoms with E-state index in [2.05, 4.69) is 20.5 Å². The van der Waals surface area contributed by atoms with Crippen molar-refractivity contribution in [3.63, 3.8) is 0 Å². The van der Waals surface area contributed by atoms with Crippen molar-refractivity contribution in [2.75, 3.05) is 7.11 Å². The van der Waals surface area contributed by atoms with Crippen LogP contribution in [0.4, 0.5) is 0 Å². The van der Waals surface area contributed by atoms with Crippen molar-refractivity contribution in [1.29, 1.82) is 0 Å². The van der Waals surface area contributed by atoms with E-state index in [1.807, 2.05) is 13.0 Å². The number of carbonyl (C=O) groups is 1. The van der Waals surface area contributed by atoms with E-state index in [0.717, 1.165) is 5.76 Å². The second kappa shape index (κ2) is 5.80. The lowest BCUT2D eigenvalue weighted by Gasteiger charge is -2.04. The SMILES string of the molecule is COc1ccc2nnc(C(=O)NCc3ccc(C)o3)nc2c1. The van der Waals surface area contributed by atoms with Gasteiger partial charge in [-0.3, -0.25) is 4.79 Å². The number of methoxy groups -OCH3 is 1. The highest BCUT2D eigenvalue weighted by atomic mass is 16.5. The molecule has 0 unspecified atom stereocenters. The van der Waals surface area contributed by atoms with E-state index in [9.17, 15) is 4.79 Å². The predicted molar refractivity (Wildman–Crippen MR) is 78.5 cm³/mol. The second-order valence-electron chi connectivity index (χ2n) is 4.69. The average molecular weight is 298 g/mol. The van der Waals surface area contributed by atoms with Gasteiger partial charge in [0.2, 0.25) is 5.82 Å². The maximum absolute atomic E-state index is 12.1. The Hall–Kier alpha value is -2.96. The number of benzene rings is 1. The maximum atomic E-state index is 12.1. The molecule has 3 aromatic rings. The Balaban J connectivity index is 1.78. The number of amides is 1. The smallest absolute Gasteiger partial charge is 0.291 e. The fourth-order valence-electron chi connectivity index (χ4n) is 1.96. The number of furan rings is 1. The monoisotopic (exact) mass is 298 g/mol. The molecule has 2 heterocycles.